The average molecular weight is 634 g/mol. The monoisotopic (exact) mass is 633 g/mol. The van der Waals surface area contributed by atoms with Crippen LogP contribution in [-0.2, 0) is 5.41 Å². The van der Waals surface area contributed by atoms with Gasteiger partial charge in [-0.2, -0.15) is 0 Å². The number of para-hydroxylation sites is 2. The third-order valence-corrected chi connectivity index (χ3v) is 11.5. The van der Waals surface area contributed by atoms with E-state index in [1.165, 1.54) is 81.8 Å². The van der Waals surface area contributed by atoms with Crippen LogP contribution in [0, 0.1) is 0 Å². The van der Waals surface area contributed by atoms with Crippen LogP contribution in [0.4, 0.5) is 0 Å². The molecule has 0 fully saturated rings. The quantitative estimate of drug-likeness (QED) is 0.192. The number of nitrogens with zero attached hydrogens (tertiary/aromatic N) is 1. The number of rotatable bonds is 3. The third kappa shape index (κ3) is 3.95. The van der Waals surface area contributed by atoms with Gasteiger partial charge >= 0.3 is 0 Å². The number of fused-ring (bicyclic) bond motifs is 9. The summed E-state index contributed by atoms with van der Waals surface area (Å²) in [6, 6.07) is 54.9. The molecule has 0 spiro atoms. The summed E-state index contributed by atoms with van der Waals surface area (Å²) < 4.78 is 9.04. The Morgan fingerprint density at radius 2 is 1.21 bits per heavy atom. The molecule has 0 unspecified atom stereocenters. The molecule has 0 N–H and O–H groups in total. The fraction of sp³-hybridized carbons (Fsp3) is 0.0667. The SMILES string of the molecule is CC1(C)c2ccccc2-c2c1ccc1c2Sc2c(cccc2-c2cccc(-c3ccc4c(c3)c3ccccc3n4-c3ccccc3)c2)O1. The minimum absolute atomic E-state index is 0.0514. The Kier molecular flexibility index (Phi) is 5.89. The lowest BCUT2D eigenvalue weighted by Crippen LogP contribution is -2.15. The summed E-state index contributed by atoms with van der Waals surface area (Å²) in [5, 5.41) is 2.52. The zero-order valence-corrected chi connectivity index (χ0v) is 27.5. The van der Waals surface area contributed by atoms with Crippen molar-refractivity contribution >= 4 is 33.6 Å². The van der Waals surface area contributed by atoms with Crippen LogP contribution in [0.3, 0.4) is 0 Å². The van der Waals surface area contributed by atoms with E-state index in [2.05, 4.69) is 170 Å². The molecule has 48 heavy (non-hydrogen) atoms. The molecule has 0 atom stereocenters. The zero-order valence-electron chi connectivity index (χ0n) is 26.7. The second-order valence-electron chi connectivity index (χ2n) is 13.3. The van der Waals surface area contributed by atoms with Gasteiger partial charge in [-0.05, 0) is 87.5 Å². The second-order valence-corrected chi connectivity index (χ2v) is 14.3. The van der Waals surface area contributed by atoms with Crippen LogP contribution < -0.4 is 4.74 Å². The van der Waals surface area contributed by atoms with E-state index in [0.29, 0.717) is 0 Å². The van der Waals surface area contributed by atoms with Crippen molar-refractivity contribution in [2.45, 2.75) is 29.1 Å². The maximum absolute atomic E-state index is 6.67. The van der Waals surface area contributed by atoms with Crippen LogP contribution in [-0.4, -0.2) is 4.57 Å². The maximum atomic E-state index is 6.67. The van der Waals surface area contributed by atoms with Gasteiger partial charge in [0.05, 0.1) is 20.8 Å². The molecule has 1 aliphatic heterocycles. The molecule has 0 amide bonds. The van der Waals surface area contributed by atoms with Crippen molar-refractivity contribution in [2.24, 2.45) is 0 Å². The molecule has 3 heteroatoms. The number of hydrogen-bond acceptors (Lipinski definition) is 2. The third-order valence-electron chi connectivity index (χ3n) is 10.3. The molecule has 1 aromatic heterocycles. The van der Waals surface area contributed by atoms with E-state index in [9.17, 15) is 0 Å². The van der Waals surface area contributed by atoms with Gasteiger partial charge in [0.15, 0.2) is 0 Å². The molecule has 2 aliphatic rings. The van der Waals surface area contributed by atoms with Gasteiger partial charge < -0.3 is 9.30 Å². The molecule has 0 saturated carbocycles. The lowest BCUT2D eigenvalue weighted by Gasteiger charge is -2.26. The second kappa shape index (κ2) is 10.2. The Hall–Kier alpha value is -5.51. The first kappa shape index (κ1) is 27.6. The minimum atomic E-state index is -0.0514. The van der Waals surface area contributed by atoms with Crippen LogP contribution in [0.5, 0.6) is 11.5 Å². The van der Waals surface area contributed by atoms with Crippen LogP contribution in [0.2, 0.25) is 0 Å². The number of hydrogen-bond donors (Lipinski definition) is 0. The van der Waals surface area contributed by atoms with E-state index in [1.807, 2.05) is 11.8 Å². The maximum Gasteiger partial charge on any atom is 0.142 e. The predicted octanol–water partition coefficient (Wildman–Crippen LogP) is 12.7. The molecule has 0 radical (unpaired) electrons. The first-order valence-corrected chi connectivity index (χ1v) is 17.3. The lowest BCUT2D eigenvalue weighted by molar-refractivity contribution is 0.455. The molecule has 1 aliphatic carbocycles. The molecular formula is C45H31NOS. The van der Waals surface area contributed by atoms with Crippen LogP contribution in [0.15, 0.2) is 161 Å². The van der Waals surface area contributed by atoms with Gasteiger partial charge in [0.1, 0.15) is 11.5 Å². The van der Waals surface area contributed by atoms with Crippen molar-refractivity contribution in [1.82, 2.24) is 4.57 Å². The highest BCUT2D eigenvalue weighted by Gasteiger charge is 2.39. The highest BCUT2D eigenvalue weighted by Crippen LogP contribution is 2.59. The zero-order chi connectivity index (χ0) is 32.0. The summed E-state index contributed by atoms with van der Waals surface area (Å²) in [5.41, 5.74) is 13.7. The summed E-state index contributed by atoms with van der Waals surface area (Å²) in [7, 11) is 0. The van der Waals surface area contributed by atoms with Gasteiger partial charge in [0.25, 0.3) is 0 Å². The van der Waals surface area contributed by atoms with E-state index < -0.39 is 0 Å². The van der Waals surface area contributed by atoms with Gasteiger partial charge in [-0.1, -0.05) is 129 Å². The van der Waals surface area contributed by atoms with Crippen LogP contribution in [0.1, 0.15) is 25.0 Å². The molecule has 2 heterocycles. The Bertz CT molecular complexity index is 2590. The largest absolute Gasteiger partial charge is 0.455 e. The highest BCUT2D eigenvalue weighted by atomic mass is 32.2. The number of aromatic nitrogens is 1. The number of benzene rings is 7. The Labute approximate surface area is 284 Å². The number of ether oxygens (including phenoxy) is 1. The Morgan fingerprint density at radius 3 is 2.12 bits per heavy atom. The van der Waals surface area contributed by atoms with Crippen molar-refractivity contribution in [3.05, 3.63) is 163 Å². The average Bonchev–Trinajstić information content (AvgIpc) is 3.59. The first-order valence-electron chi connectivity index (χ1n) is 16.5. The highest BCUT2D eigenvalue weighted by molar-refractivity contribution is 8.00. The van der Waals surface area contributed by atoms with Gasteiger partial charge in [-0.3, -0.25) is 0 Å². The summed E-state index contributed by atoms with van der Waals surface area (Å²) in [6.45, 7) is 4.67. The van der Waals surface area contributed by atoms with Crippen LogP contribution >= 0.6 is 11.8 Å². The Morgan fingerprint density at radius 1 is 0.500 bits per heavy atom. The van der Waals surface area contributed by atoms with Crippen molar-refractivity contribution < 1.29 is 4.74 Å². The van der Waals surface area contributed by atoms with Gasteiger partial charge in [0.2, 0.25) is 0 Å². The molecular weight excluding hydrogens is 603 g/mol. The van der Waals surface area contributed by atoms with Gasteiger partial charge in [-0.25, -0.2) is 0 Å². The molecule has 0 saturated heterocycles. The standard InChI is InChI=1S/C45H31NOS/c1-45(2)36-19-8-6-17-34(36)42-37(45)23-25-41-44(42)48-43-32(18-11-21-40(43)47-41)30-13-10-12-28(26-30)29-22-24-39-35(27-29)33-16-7-9-20-38(33)46(39)31-14-4-3-5-15-31/h3-27H,1-2H3. The van der Waals surface area contributed by atoms with Gasteiger partial charge in [-0.15, -0.1) is 0 Å². The Balaban J connectivity index is 1.08. The predicted molar refractivity (Wildman–Crippen MR) is 200 cm³/mol. The molecule has 2 nitrogen and oxygen atoms in total. The summed E-state index contributed by atoms with van der Waals surface area (Å²) >= 11 is 1.85. The normalized spacial score (nSPS) is 13.9. The molecule has 10 rings (SSSR count). The lowest BCUT2D eigenvalue weighted by atomic mass is 9.82. The molecule has 7 aromatic carbocycles. The van der Waals surface area contributed by atoms with Gasteiger partial charge in [0, 0.05) is 27.4 Å². The van der Waals surface area contributed by atoms with Crippen molar-refractivity contribution in [3.8, 4) is 50.6 Å². The fourth-order valence-electron chi connectivity index (χ4n) is 7.95. The van der Waals surface area contributed by atoms with Crippen LogP contribution in [0.25, 0.3) is 60.9 Å². The van der Waals surface area contributed by atoms with E-state index in [-0.39, 0.29) is 5.41 Å². The smallest absolute Gasteiger partial charge is 0.142 e. The molecule has 228 valence electrons. The minimum Gasteiger partial charge on any atom is -0.455 e. The topological polar surface area (TPSA) is 14.2 Å². The van der Waals surface area contributed by atoms with Crippen molar-refractivity contribution in [3.63, 3.8) is 0 Å². The summed E-state index contributed by atoms with van der Waals surface area (Å²) in [6.07, 6.45) is 0. The molecule has 8 aromatic rings. The van der Waals surface area contributed by atoms with Crippen molar-refractivity contribution in [2.75, 3.05) is 0 Å². The van der Waals surface area contributed by atoms with E-state index in [1.54, 1.807) is 0 Å². The van der Waals surface area contributed by atoms with E-state index >= 15 is 0 Å². The fourth-order valence-corrected chi connectivity index (χ4v) is 9.19. The first-order chi connectivity index (χ1) is 23.6. The summed E-state index contributed by atoms with van der Waals surface area (Å²) in [4.78, 5) is 2.38. The molecule has 0 bridgehead atoms. The van der Waals surface area contributed by atoms with E-state index in [0.717, 1.165) is 11.5 Å². The summed E-state index contributed by atoms with van der Waals surface area (Å²) in [5.74, 6) is 1.85. The van der Waals surface area contributed by atoms with E-state index in [4.69, 9.17) is 4.74 Å². The van der Waals surface area contributed by atoms with Crippen molar-refractivity contribution in [1.29, 1.82) is 0 Å².